The molecular weight excluding hydrogens is 354 g/mol. The van der Waals surface area contributed by atoms with Gasteiger partial charge < -0.3 is 0 Å². The number of halogens is 2. The van der Waals surface area contributed by atoms with Gasteiger partial charge in [-0.05, 0) is 49.1 Å². The van der Waals surface area contributed by atoms with Crippen molar-refractivity contribution in [3.8, 4) is 5.82 Å². The van der Waals surface area contributed by atoms with Crippen molar-refractivity contribution < 1.29 is 18.8 Å². The Morgan fingerprint density at radius 1 is 1.15 bits per heavy atom. The third-order valence-electron chi connectivity index (χ3n) is 4.32. The van der Waals surface area contributed by atoms with Gasteiger partial charge in [-0.3, -0.25) is 10.0 Å². The maximum absolute atomic E-state index is 14.0. The second kappa shape index (κ2) is 8.05. The van der Waals surface area contributed by atoms with E-state index in [1.54, 1.807) is 18.5 Å². The number of hydroxylamine groups is 1. The molecule has 0 aliphatic rings. The van der Waals surface area contributed by atoms with E-state index in [4.69, 9.17) is 5.21 Å². The number of carbonyl (C=O) groups excluding carboxylic acids is 1. The fraction of sp³-hybridized carbons (Fsp3) is 0.211. The molecule has 3 rings (SSSR count). The first-order valence-electron chi connectivity index (χ1n) is 8.35. The molecule has 0 aliphatic carbocycles. The van der Waals surface area contributed by atoms with Gasteiger partial charge in [0.1, 0.15) is 5.82 Å². The van der Waals surface area contributed by atoms with Crippen LogP contribution in [0.4, 0.5) is 8.78 Å². The highest BCUT2D eigenvalue weighted by Crippen LogP contribution is 2.18. The molecule has 0 spiro atoms. The summed E-state index contributed by atoms with van der Waals surface area (Å²) in [4.78, 5) is 15.6. The molecule has 6 nitrogen and oxygen atoms in total. The fourth-order valence-corrected chi connectivity index (χ4v) is 2.85. The van der Waals surface area contributed by atoms with E-state index in [1.807, 2.05) is 6.07 Å². The van der Waals surface area contributed by atoms with Crippen LogP contribution in [0.15, 0.2) is 42.7 Å². The lowest BCUT2D eigenvalue weighted by molar-refractivity contribution is -0.128. The lowest BCUT2D eigenvalue weighted by atomic mass is 10.0. The quantitative estimate of drug-likeness (QED) is 0.515. The molecule has 1 aromatic carbocycles. The number of aryl methyl sites for hydroxylation is 2. The maximum atomic E-state index is 14.0. The highest BCUT2D eigenvalue weighted by atomic mass is 19.1. The van der Waals surface area contributed by atoms with E-state index in [2.05, 4.69) is 10.1 Å². The minimum absolute atomic E-state index is 0.0105. The molecule has 0 radical (unpaired) electrons. The number of aromatic nitrogens is 3. The third-order valence-corrected chi connectivity index (χ3v) is 4.32. The molecule has 140 valence electrons. The molecule has 1 amide bonds. The number of amides is 1. The summed E-state index contributed by atoms with van der Waals surface area (Å²) in [6.45, 7) is 1.70. The minimum Gasteiger partial charge on any atom is -0.289 e. The summed E-state index contributed by atoms with van der Waals surface area (Å²) < 4.78 is 29.0. The normalized spacial score (nSPS) is 10.8. The van der Waals surface area contributed by atoms with Crippen LogP contribution < -0.4 is 5.48 Å². The first-order chi connectivity index (χ1) is 13.0. The smallest absolute Gasteiger partial charge is 0.247 e. The molecule has 2 heterocycles. The molecule has 3 aromatic rings. The topological polar surface area (TPSA) is 80.0 Å². The van der Waals surface area contributed by atoms with Gasteiger partial charge in [-0.15, -0.1) is 0 Å². The number of benzene rings is 1. The molecule has 8 heteroatoms. The predicted octanol–water partition coefficient (Wildman–Crippen LogP) is 2.69. The van der Waals surface area contributed by atoms with Crippen molar-refractivity contribution in [2.75, 3.05) is 0 Å². The monoisotopic (exact) mass is 372 g/mol. The number of hydrogen-bond acceptors (Lipinski definition) is 4. The maximum Gasteiger partial charge on any atom is 0.247 e. The highest BCUT2D eigenvalue weighted by molar-refractivity contribution is 5.77. The summed E-state index contributed by atoms with van der Waals surface area (Å²) in [5.74, 6) is -1.44. The summed E-state index contributed by atoms with van der Waals surface area (Å²) in [6, 6.07) is 7.60. The Morgan fingerprint density at radius 2 is 1.93 bits per heavy atom. The highest BCUT2D eigenvalue weighted by Gasteiger charge is 2.16. The van der Waals surface area contributed by atoms with Gasteiger partial charge in [0.15, 0.2) is 11.6 Å². The molecule has 2 N–H and O–H groups in total. The van der Waals surface area contributed by atoms with Crippen LogP contribution in [0.1, 0.15) is 22.4 Å². The Hall–Kier alpha value is -3.13. The third kappa shape index (κ3) is 4.17. The van der Waals surface area contributed by atoms with Crippen molar-refractivity contribution in [1.82, 2.24) is 20.2 Å². The van der Waals surface area contributed by atoms with E-state index < -0.39 is 11.7 Å². The molecule has 0 aliphatic heterocycles. The average Bonchev–Trinajstić information content (AvgIpc) is 3.05. The summed E-state index contributed by atoms with van der Waals surface area (Å²) in [6.07, 6.45) is 3.74. The van der Waals surface area contributed by atoms with Crippen LogP contribution in [-0.2, 0) is 24.1 Å². The van der Waals surface area contributed by atoms with Crippen LogP contribution in [0.5, 0.6) is 0 Å². The Labute approximate surface area is 154 Å². The van der Waals surface area contributed by atoms with E-state index in [0.717, 1.165) is 5.56 Å². The molecular formula is C19H18F2N4O2. The number of hydrogen-bond donors (Lipinski definition) is 2. The zero-order chi connectivity index (χ0) is 19.4. The molecule has 0 fully saturated rings. The van der Waals surface area contributed by atoms with E-state index >= 15 is 0 Å². The van der Waals surface area contributed by atoms with E-state index in [0.29, 0.717) is 29.7 Å². The molecule has 0 unspecified atom stereocenters. The van der Waals surface area contributed by atoms with Gasteiger partial charge in [0.05, 0.1) is 12.1 Å². The van der Waals surface area contributed by atoms with Gasteiger partial charge in [0, 0.05) is 18.0 Å². The zero-order valence-electron chi connectivity index (χ0n) is 14.6. The van der Waals surface area contributed by atoms with Crippen molar-refractivity contribution in [1.29, 1.82) is 0 Å². The largest absolute Gasteiger partial charge is 0.289 e. The predicted molar refractivity (Wildman–Crippen MR) is 93.5 cm³/mol. The van der Waals surface area contributed by atoms with Crippen molar-refractivity contribution >= 4 is 5.91 Å². The Balaban J connectivity index is 1.91. The van der Waals surface area contributed by atoms with Gasteiger partial charge >= 0.3 is 0 Å². The molecule has 27 heavy (non-hydrogen) atoms. The summed E-state index contributed by atoms with van der Waals surface area (Å²) in [5, 5.41) is 13.1. The first kappa shape index (κ1) is 18.7. The first-order valence-corrected chi connectivity index (χ1v) is 8.35. The number of carbonyl (C=O) groups is 1. The SMILES string of the molecule is Cc1c(F)cccc1CCc1nn(-c2ncccc2F)cc1CC(=O)NO. The molecule has 0 bridgehead atoms. The standard InChI is InChI=1S/C19H18F2N4O2/c1-12-13(4-2-5-15(12)20)7-8-17-14(10-18(26)24-27)11-25(23-17)19-16(21)6-3-9-22-19/h2-6,9,11,27H,7-8,10H2,1H3,(H,24,26). The molecule has 0 saturated heterocycles. The number of pyridine rings is 1. The molecule has 0 atom stereocenters. The Bertz CT molecular complexity index is 972. The Kier molecular flexibility index (Phi) is 5.56. The van der Waals surface area contributed by atoms with Crippen LogP contribution in [0.3, 0.4) is 0 Å². The van der Waals surface area contributed by atoms with Crippen molar-refractivity contribution in [2.45, 2.75) is 26.2 Å². The second-order valence-corrected chi connectivity index (χ2v) is 6.09. The van der Waals surface area contributed by atoms with Crippen LogP contribution in [-0.4, -0.2) is 25.9 Å². The van der Waals surface area contributed by atoms with Crippen LogP contribution in [0, 0.1) is 18.6 Å². The number of nitrogens with zero attached hydrogens (tertiary/aromatic N) is 3. The van der Waals surface area contributed by atoms with Crippen molar-refractivity contribution in [3.05, 3.63) is 76.7 Å². The Morgan fingerprint density at radius 3 is 2.67 bits per heavy atom. The number of rotatable bonds is 6. The fourth-order valence-electron chi connectivity index (χ4n) is 2.85. The van der Waals surface area contributed by atoms with Crippen LogP contribution in [0.2, 0.25) is 0 Å². The van der Waals surface area contributed by atoms with E-state index in [-0.39, 0.29) is 18.1 Å². The lowest BCUT2D eigenvalue weighted by Gasteiger charge is -2.06. The zero-order valence-corrected chi connectivity index (χ0v) is 14.6. The van der Waals surface area contributed by atoms with Gasteiger partial charge in [-0.1, -0.05) is 12.1 Å². The summed E-state index contributed by atoms with van der Waals surface area (Å²) >= 11 is 0. The van der Waals surface area contributed by atoms with Crippen LogP contribution in [0.25, 0.3) is 5.82 Å². The van der Waals surface area contributed by atoms with Gasteiger partial charge in [0.2, 0.25) is 5.91 Å². The van der Waals surface area contributed by atoms with Gasteiger partial charge in [-0.25, -0.2) is 23.9 Å². The van der Waals surface area contributed by atoms with Gasteiger partial charge in [-0.2, -0.15) is 5.10 Å². The lowest BCUT2D eigenvalue weighted by Crippen LogP contribution is -2.21. The van der Waals surface area contributed by atoms with Crippen molar-refractivity contribution in [2.24, 2.45) is 0 Å². The number of nitrogens with one attached hydrogen (secondary N) is 1. The van der Waals surface area contributed by atoms with E-state index in [1.165, 1.54) is 35.3 Å². The van der Waals surface area contributed by atoms with Gasteiger partial charge in [0.25, 0.3) is 0 Å². The summed E-state index contributed by atoms with van der Waals surface area (Å²) in [7, 11) is 0. The summed E-state index contributed by atoms with van der Waals surface area (Å²) in [5.41, 5.74) is 4.04. The second-order valence-electron chi connectivity index (χ2n) is 6.09. The molecule has 0 saturated carbocycles. The van der Waals surface area contributed by atoms with Crippen molar-refractivity contribution in [3.63, 3.8) is 0 Å². The average molecular weight is 372 g/mol. The van der Waals surface area contributed by atoms with E-state index in [9.17, 15) is 13.6 Å². The minimum atomic E-state index is -0.612. The van der Waals surface area contributed by atoms with Crippen LogP contribution >= 0.6 is 0 Å². The molecule has 2 aromatic heterocycles.